The second kappa shape index (κ2) is 10.6. The predicted molar refractivity (Wildman–Crippen MR) is 110 cm³/mol. The molecule has 0 unspecified atom stereocenters. The van der Waals surface area contributed by atoms with Gasteiger partial charge in [-0.15, -0.1) is 0 Å². The Morgan fingerprint density at radius 2 is 1.64 bits per heavy atom. The van der Waals surface area contributed by atoms with Gasteiger partial charge in [-0.05, 0) is 59.5 Å². The van der Waals surface area contributed by atoms with E-state index in [1.807, 2.05) is 0 Å². The standard InChI is InChI=1S/C10H11BrO4.C9H10O3.CH4/c1-4-5(2)9(15-3)7(11)8(12)6(4)10(13)14;1-6-3-7(11)4-9(12-2)8(6)5-10;/h12H,1-3H3,(H,13,14);3-5,11H,1-2H3;1H4. The first kappa shape index (κ1) is 25.3. The van der Waals surface area contributed by atoms with Crippen LogP contribution in [0.5, 0.6) is 23.0 Å². The number of hydrogen-bond donors (Lipinski definition) is 3. The Balaban J connectivity index is 0.000000514. The van der Waals surface area contributed by atoms with Gasteiger partial charge < -0.3 is 24.8 Å². The number of ether oxygens (including phenoxy) is 2. The van der Waals surface area contributed by atoms with Gasteiger partial charge >= 0.3 is 5.97 Å². The molecule has 7 nitrogen and oxygen atoms in total. The lowest BCUT2D eigenvalue weighted by Gasteiger charge is -2.14. The van der Waals surface area contributed by atoms with Crippen LogP contribution in [0.25, 0.3) is 0 Å². The van der Waals surface area contributed by atoms with Crippen LogP contribution in [-0.2, 0) is 0 Å². The number of carboxylic acid groups (broad SMARTS) is 1. The van der Waals surface area contributed by atoms with Crippen LogP contribution >= 0.6 is 15.9 Å². The largest absolute Gasteiger partial charge is 0.508 e. The van der Waals surface area contributed by atoms with E-state index in [9.17, 15) is 14.7 Å². The fraction of sp³-hybridized carbons (Fsp3) is 0.300. The fourth-order valence-electron chi connectivity index (χ4n) is 2.49. The first-order valence-corrected chi connectivity index (χ1v) is 8.51. The fourth-order valence-corrected chi connectivity index (χ4v) is 3.15. The van der Waals surface area contributed by atoms with Crippen molar-refractivity contribution in [3.05, 3.63) is 44.4 Å². The Bertz CT molecular complexity index is 847. The van der Waals surface area contributed by atoms with E-state index in [1.54, 1.807) is 20.8 Å². The third-order valence-corrected chi connectivity index (χ3v) is 4.75. The number of aromatic hydroxyl groups is 2. The minimum atomic E-state index is -1.16. The highest BCUT2D eigenvalue weighted by molar-refractivity contribution is 9.10. The van der Waals surface area contributed by atoms with Gasteiger partial charge in [-0.25, -0.2) is 4.79 Å². The van der Waals surface area contributed by atoms with E-state index in [4.69, 9.17) is 19.7 Å². The Labute approximate surface area is 172 Å². The smallest absolute Gasteiger partial charge is 0.339 e. The summed E-state index contributed by atoms with van der Waals surface area (Å²) in [7, 11) is 2.92. The number of phenolic OH excluding ortho intramolecular Hbond substituents is 1. The zero-order valence-corrected chi connectivity index (χ0v) is 17.2. The van der Waals surface area contributed by atoms with Gasteiger partial charge in [-0.2, -0.15) is 0 Å². The minimum absolute atomic E-state index is 0. The van der Waals surface area contributed by atoms with Crippen LogP contribution in [0, 0.1) is 20.8 Å². The van der Waals surface area contributed by atoms with E-state index in [0.717, 1.165) is 0 Å². The number of carbonyl (C=O) groups is 2. The lowest BCUT2D eigenvalue weighted by molar-refractivity contribution is 0.0692. The third kappa shape index (κ3) is 5.16. The van der Waals surface area contributed by atoms with Gasteiger partial charge in [-0.1, -0.05) is 7.43 Å². The first-order chi connectivity index (χ1) is 12.6. The van der Waals surface area contributed by atoms with E-state index in [-0.39, 0.29) is 29.0 Å². The molecule has 28 heavy (non-hydrogen) atoms. The van der Waals surface area contributed by atoms with Crippen molar-refractivity contribution in [1.29, 1.82) is 0 Å². The van der Waals surface area contributed by atoms with Gasteiger partial charge in [0.05, 0.1) is 19.8 Å². The van der Waals surface area contributed by atoms with Crippen molar-refractivity contribution in [2.24, 2.45) is 0 Å². The van der Waals surface area contributed by atoms with Crippen LogP contribution in [0.15, 0.2) is 16.6 Å². The number of aryl methyl sites for hydroxylation is 1. The first-order valence-electron chi connectivity index (χ1n) is 7.72. The Hall–Kier alpha value is -2.74. The number of carboxylic acids is 1. The number of phenols is 2. The highest BCUT2D eigenvalue weighted by Crippen LogP contribution is 2.41. The second-order valence-corrected chi connectivity index (χ2v) is 6.42. The van der Waals surface area contributed by atoms with Crippen LogP contribution in [0.3, 0.4) is 0 Å². The van der Waals surface area contributed by atoms with E-state index in [1.165, 1.54) is 26.4 Å². The van der Waals surface area contributed by atoms with Crippen LogP contribution in [-0.4, -0.2) is 41.8 Å². The predicted octanol–water partition coefficient (Wildman–Crippen LogP) is 4.64. The average molecular weight is 457 g/mol. The highest BCUT2D eigenvalue weighted by atomic mass is 79.9. The molecule has 0 saturated carbocycles. The molecule has 0 bridgehead atoms. The summed E-state index contributed by atoms with van der Waals surface area (Å²) in [6.07, 6.45) is 0.716. The molecule has 0 aliphatic heterocycles. The lowest BCUT2D eigenvalue weighted by atomic mass is 10.0. The van der Waals surface area contributed by atoms with Crippen molar-refractivity contribution < 1.29 is 34.4 Å². The molecule has 0 aliphatic carbocycles. The molecule has 2 aromatic rings. The molecule has 2 rings (SSSR count). The molecule has 0 spiro atoms. The molecule has 0 heterocycles. The number of rotatable bonds is 4. The summed E-state index contributed by atoms with van der Waals surface area (Å²) in [4.78, 5) is 21.5. The summed E-state index contributed by atoms with van der Waals surface area (Å²) in [5, 5.41) is 27.8. The lowest BCUT2D eigenvalue weighted by Crippen LogP contribution is -2.04. The van der Waals surface area contributed by atoms with Gasteiger partial charge in [0, 0.05) is 6.07 Å². The summed E-state index contributed by atoms with van der Waals surface area (Å²) in [6.45, 7) is 5.12. The molecule has 154 valence electrons. The Morgan fingerprint density at radius 1 is 1.07 bits per heavy atom. The second-order valence-electron chi connectivity index (χ2n) is 5.62. The monoisotopic (exact) mass is 456 g/mol. The number of carbonyl (C=O) groups excluding carboxylic acids is 1. The maximum atomic E-state index is 10.9. The summed E-state index contributed by atoms with van der Waals surface area (Å²) in [6, 6.07) is 2.93. The number of aromatic carboxylic acids is 1. The molecular weight excluding hydrogens is 432 g/mol. The molecule has 0 atom stereocenters. The van der Waals surface area contributed by atoms with Gasteiger partial charge in [0.25, 0.3) is 0 Å². The van der Waals surface area contributed by atoms with E-state index < -0.39 is 5.97 Å². The SMILES string of the molecule is C.COc1c(C)c(C)c(C(=O)O)c(O)c1Br.COc1cc(O)cc(C)c1C=O. The van der Waals surface area contributed by atoms with Crippen molar-refractivity contribution in [1.82, 2.24) is 0 Å². The third-order valence-electron chi connectivity index (χ3n) is 4.01. The Kier molecular flexibility index (Phi) is 9.52. The maximum absolute atomic E-state index is 10.9. The van der Waals surface area contributed by atoms with Crippen LogP contribution in [0.2, 0.25) is 0 Å². The normalized spacial score (nSPS) is 9.50. The van der Waals surface area contributed by atoms with Gasteiger partial charge in [-0.3, -0.25) is 4.79 Å². The van der Waals surface area contributed by atoms with Crippen molar-refractivity contribution in [2.75, 3.05) is 14.2 Å². The summed E-state index contributed by atoms with van der Waals surface area (Å²) < 4.78 is 10.2. The Morgan fingerprint density at radius 3 is 2.07 bits per heavy atom. The average Bonchev–Trinajstić information content (AvgIpc) is 2.60. The number of hydrogen-bond acceptors (Lipinski definition) is 6. The van der Waals surface area contributed by atoms with Crippen molar-refractivity contribution in [3.8, 4) is 23.0 Å². The minimum Gasteiger partial charge on any atom is -0.508 e. The number of aldehydes is 1. The molecular formula is C20H25BrO7. The molecule has 0 radical (unpaired) electrons. The van der Waals surface area contributed by atoms with E-state index in [2.05, 4.69) is 15.9 Å². The summed E-state index contributed by atoms with van der Waals surface area (Å²) >= 11 is 3.11. The molecule has 0 aromatic heterocycles. The number of benzene rings is 2. The van der Waals surface area contributed by atoms with E-state index in [0.29, 0.717) is 40.0 Å². The molecule has 2 aromatic carbocycles. The molecule has 0 fully saturated rings. The van der Waals surface area contributed by atoms with Crippen molar-refractivity contribution >= 4 is 28.2 Å². The van der Waals surface area contributed by atoms with Crippen LogP contribution in [0.1, 0.15) is 44.8 Å². The molecule has 0 amide bonds. The van der Waals surface area contributed by atoms with Crippen molar-refractivity contribution in [2.45, 2.75) is 28.2 Å². The quantitative estimate of drug-likeness (QED) is 0.574. The molecule has 0 saturated heterocycles. The molecule has 8 heteroatoms. The van der Waals surface area contributed by atoms with Crippen molar-refractivity contribution in [3.63, 3.8) is 0 Å². The van der Waals surface area contributed by atoms with Crippen LogP contribution < -0.4 is 9.47 Å². The highest BCUT2D eigenvalue weighted by Gasteiger charge is 2.22. The number of methoxy groups -OCH3 is 2. The summed E-state index contributed by atoms with van der Waals surface area (Å²) in [5.41, 5.74) is 2.29. The molecule has 3 N–H and O–H groups in total. The maximum Gasteiger partial charge on any atom is 0.339 e. The van der Waals surface area contributed by atoms with Gasteiger partial charge in [0.1, 0.15) is 33.0 Å². The molecule has 0 aliphatic rings. The topological polar surface area (TPSA) is 113 Å². The number of halogens is 1. The van der Waals surface area contributed by atoms with E-state index >= 15 is 0 Å². The van der Waals surface area contributed by atoms with Gasteiger partial charge in [0.15, 0.2) is 6.29 Å². The zero-order valence-electron chi connectivity index (χ0n) is 15.6. The summed E-state index contributed by atoms with van der Waals surface area (Å²) in [5.74, 6) is -0.494. The zero-order chi connectivity index (χ0) is 20.9. The van der Waals surface area contributed by atoms with Crippen LogP contribution in [0.4, 0.5) is 0 Å². The van der Waals surface area contributed by atoms with Gasteiger partial charge in [0.2, 0.25) is 0 Å².